The van der Waals surface area contributed by atoms with E-state index in [-0.39, 0.29) is 24.7 Å². The van der Waals surface area contributed by atoms with Crippen LogP contribution in [0.2, 0.25) is 0 Å². The number of carbonyl (C=O) groups is 2. The fourth-order valence-corrected chi connectivity index (χ4v) is 2.16. The quantitative estimate of drug-likeness (QED) is 0.817. The molecule has 116 valence electrons. The molecule has 0 saturated heterocycles. The fraction of sp³-hybridized carbons (Fsp3) is 0.667. The standard InChI is InChI=1S/C15H23N3O3/c1-9-7-10(9)11-8-12(18-17-11)16-13(19)5-6-14(20)21-15(2,3)4/h8-10H,5-7H2,1-4H3,(H2,16,17,18,19)/t9-,10+/m1/s1. The lowest BCUT2D eigenvalue weighted by Crippen LogP contribution is -2.24. The number of nitrogens with zero attached hydrogens (tertiary/aromatic N) is 1. The Labute approximate surface area is 124 Å². The lowest BCUT2D eigenvalue weighted by molar-refractivity contribution is -0.155. The zero-order valence-corrected chi connectivity index (χ0v) is 13.0. The van der Waals surface area contributed by atoms with Gasteiger partial charge in [-0.05, 0) is 33.1 Å². The van der Waals surface area contributed by atoms with Crippen LogP contribution in [0.4, 0.5) is 5.82 Å². The monoisotopic (exact) mass is 293 g/mol. The molecule has 21 heavy (non-hydrogen) atoms. The highest BCUT2D eigenvalue weighted by Gasteiger charge is 2.35. The van der Waals surface area contributed by atoms with Gasteiger partial charge in [0.1, 0.15) is 5.60 Å². The Morgan fingerprint density at radius 1 is 1.43 bits per heavy atom. The van der Waals surface area contributed by atoms with Crippen molar-refractivity contribution in [3.63, 3.8) is 0 Å². The van der Waals surface area contributed by atoms with Crippen LogP contribution in [-0.2, 0) is 14.3 Å². The average molecular weight is 293 g/mol. The van der Waals surface area contributed by atoms with Crippen LogP contribution in [0.25, 0.3) is 0 Å². The van der Waals surface area contributed by atoms with Crippen molar-refractivity contribution in [2.45, 2.75) is 58.5 Å². The summed E-state index contributed by atoms with van der Waals surface area (Å²) in [6.07, 6.45) is 1.32. The van der Waals surface area contributed by atoms with E-state index >= 15 is 0 Å². The van der Waals surface area contributed by atoms with Crippen molar-refractivity contribution in [3.8, 4) is 0 Å². The molecule has 2 rings (SSSR count). The van der Waals surface area contributed by atoms with Crippen LogP contribution in [0.1, 0.15) is 58.6 Å². The molecule has 6 nitrogen and oxygen atoms in total. The third-order valence-electron chi connectivity index (χ3n) is 3.35. The fourth-order valence-electron chi connectivity index (χ4n) is 2.16. The number of esters is 1. The van der Waals surface area contributed by atoms with Crippen molar-refractivity contribution in [2.24, 2.45) is 5.92 Å². The normalized spacial score (nSPS) is 21.0. The number of anilines is 1. The van der Waals surface area contributed by atoms with Gasteiger partial charge in [-0.25, -0.2) is 0 Å². The third kappa shape index (κ3) is 4.88. The second-order valence-corrected chi connectivity index (χ2v) is 6.66. The Kier molecular flexibility index (Phi) is 4.34. The first-order chi connectivity index (χ1) is 9.74. The molecule has 1 aliphatic carbocycles. The minimum Gasteiger partial charge on any atom is -0.460 e. The molecular formula is C15H23N3O3. The van der Waals surface area contributed by atoms with Crippen molar-refractivity contribution < 1.29 is 14.3 Å². The summed E-state index contributed by atoms with van der Waals surface area (Å²) < 4.78 is 5.15. The molecule has 2 atom stereocenters. The van der Waals surface area contributed by atoms with Crippen molar-refractivity contribution in [1.82, 2.24) is 10.2 Å². The molecule has 2 N–H and O–H groups in total. The summed E-state index contributed by atoms with van der Waals surface area (Å²) in [6, 6.07) is 1.86. The minimum absolute atomic E-state index is 0.0695. The summed E-state index contributed by atoms with van der Waals surface area (Å²) in [5.41, 5.74) is 0.538. The molecule has 1 saturated carbocycles. The van der Waals surface area contributed by atoms with Gasteiger partial charge in [0.15, 0.2) is 5.82 Å². The van der Waals surface area contributed by atoms with Crippen LogP contribution in [0.15, 0.2) is 6.07 Å². The van der Waals surface area contributed by atoms with Crippen LogP contribution < -0.4 is 5.32 Å². The summed E-state index contributed by atoms with van der Waals surface area (Å²) in [5, 5.41) is 9.70. The van der Waals surface area contributed by atoms with Crippen LogP contribution in [0, 0.1) is 5.92 Å². The Balaban J connectivity index is 1.74. The van der Waals surface area contributed by atoms with E-state index in [0.29, 0.717) is 17.7 Å². The molecule has 0 spiro atoms. The molecule has 1 aromatic rings. The summed E-state index contributed by atoms with van der Waals surface area (Å²) in [6.45, 7) is 7.59. The molecule has 0 aromatic carbocycles. The molecule has 0 radical (unpaired) electrons. The number of rotatable bonds is 5. The second kappa shape index (κ2) is 5.87. The highest BCUT2D eigenvalue weighted by atomic mass is 16.6. The lowest BCUT2D eigenvalue weighted by Gasteiger charge is -2.19. The van der Waals surface area contributed by atoms with Gasteiger partial charge in [0.05, 0.1) is 6.42 Å². The van der Waals surface area contributed by atoms with Crippen LogP contribution >= 0.6 is 0 Å². The third-order valence-corrected chi connectivity index (χ3v) is 3.35. The van der Waals surface area contributed by atoms with E-state index in [9.17, 15) is 9.59 Å². The molecule has 1 amide bonds. The van der Waals surface area contributed by atoms with Crippen molar-refractivity contribution in [1.29, 1.82) is 0 Å². The molecule has 1 aromatic heterocycles. The Bertz CT molecular complexity index is 531. The van der Waals surface area contributed by atoms with Crippen LogP contribution in [-0.4, -0.2) is 27.7 Å². The molecule has 1 heterocycles. The molecule has 0 bridgehead atoms. The van der Waals surface area contributed by atoms with Gasteiger partial charge in [0.25, 0.3) is 0 Å². The SMILES string of the molecule is C[C@@H]1C[C@@H]1c1cc(NC(=O)CCC(=O)OC(C)(C)C)n[nH]1. The summed E-state index contributed by atoms with van der Waals surface area (Å²) in [4.78, 5) is 23.3. The Hall–Kier alpha value is -1.85. The highest BCUT2D eigenvalue weighted by molar-refractivity contribution is 5.91. The van der Waals surface area contributed by atoms with E-state index in [4.69, 9.17) is 4.74 Å². The van der Waals surface area contributed by atoms with E-state index in [2.05, 4.69) is 22.4 Å². The second-order valence-electron chi connectivity index (χ2n) is 6.66. The van der Waals surface area contributed by atoms with Crippen molar-refractivity contribution >= 4 is 17.7 Å². The number of hydrogen-bond acceptors (Lipinski definition) is 4. The summed E-state index contributed by atoms with van der Waals surface area (Å²) in [7, 11) is 0. The van der Waals surface area contributed by atoms with E-state index in [1.807, 2.05) is 6.07 Å². The van der Waals surface area contributed by atoms with Gasteiger partial charge in [-0.15, -0.1) is 0 Å². The Morgan fingerprint density at radius 3 is 2.67 bits per heavy atom. The first kappa shape index (κ1) is 15.5. The maximum absolute atomic E-state index is 11.8. The highest BCUT2D eigenvalue weighted by Crippen LogP contribution is 2.46. The van der Waals surface area contributed by atoms with Gasteiger partial charge in [-0.1, -0.05) is 6.92 Å². The molecule has 1 aliphatic rings. The maximum Gasteiger partial charge on any atom is 0.306 e. The minimum atomic E-state index is -0.522. The van der Waals surface area contributed by atoms with Gasteiger partial charge in [-0.2, -0.15) is 5.10 Å². The van der Waals surface area contributed by atoms with Gasteiger partial charge >= 0.3 is 5.97 Å². The number of aromatic nitrogens is 2. The van der Waals surface area contributed by atoms with E-state index in [1.54, 1.807) is 20.8 Å². The molecule has 0 aliphatic heterocycles. The first-order valence-corrected chi connectivity index (χ1v) is 7.31. The number of nitrogens with one attached hydrogen (secondary N) is 2. The maximum atomic E-state index is 11.8. The van der Waals surface area contributed by atoms with Gasteiger partial charge in [0.2, 0.25) is 5.91 Å². The molecule has 1 fully saturated rings. The molecular weight excluding hydrogens is 270 g/mol. The van der Waals surface area contributed by atoms with E-state index in [1.165, 1.54) is 0 Å². The number of carbonyl (C=O) groups excluding carboxylic acids is 2. The Morgan fingerprint density at radius 2 is 2.10 bits per heavy atom. The van der Waals surface area contributed by atoms with E-state index < -0.39 is 5.60 Å². The van der Waals surface area contributed by atoms with Crippen LogP contribution in [0.3, 0.4) is 0 Å². The number of H-pyrrole nitrogens is 1. The van der Waals surface area contributed by atoms with E-state index in [0.717, 1.165) is 12.1 Å². The topological polar surface area (TPSA) is 84.1 Å². The number of aromatic amines is 1. The zero-order valence-electron chi connectivity index (χ0n) is 13.0. The van der Waals surface area contributed by atoms with Crippen molar-refractivity contribution in [2.75, 3.05) is 5.32 Å². The molecule has 0 unspecified atom stereocenters. The molecule has 6 heteroatoms. The van der Waals surface area contributed by atoms with Gasteiger partial charge in [0, 0.05) is 24.1 Å². The number of amides is 1. The largest absolute Gasteiger partial charge is 0.460 e. The lowest BCUT2D eigenvalue weighted by atomic mass is 10.2. The average Bonchev–Trinajstić information content (AvgIpc) is 2.89. The number of hydrogen-bond donors (Lipinski definition) is 2. The predicted octanol–water partition coefficient (Wildman–Crippen LogP) is 2.59. The van der Waals surface area contributed by atoms with Crippen molar-refractivity contribution in [3.05, 3.63) is 11.8 Å². The summed E-state index contributed by atoms with van der Waals surface area (Å²) >= 11 is 0. The van der Waals surface area contributed by atoms with Crippen LogP contribution in [0.5, 0.6) is 0 Å². The smallest absolute Gasteiger partial charge is 0.306 e. The predicted molar refractivity (Wildman–Crippen MR) is 78.8 cm³/mol. The summed E-state index contributed by atoms with van der Waals surface area (Å²) in [5.74, 6) is 1.12. The number of ether oxygens (including phenoxy) is 1. The first-order valence-electron chi connectivity index (χ1n) is 7.31. The zero-order chi connectivity index (χ0) is 15.6. The van der Waals surface area contributed by atoms with Gasteiger partial charge in [-0.3, -0.25) is 14.7 Å². The van der Waals surface area contributed by atoms with Gasteiger partial charge < -0.3 is 10.1 Å².